The maximum absolute atomic E-state index is 13.7. The fourth-order valence-corrected chi connectivity index (χ4v) is 4.34. The lowest BCUT2D eigenvalue weighted by Gasteiger charge is -2.20. The van der Waals surface area contributed by atoms with Gasteiger partial charge in [0.2, 0.25) is 21.8 Å². The smallest absolute Gasteiger partial charge is 0.232 e. The Morgan fingerprint density at radius 1 is 1.24 bits per heavy atom. The third-order valence-corrected chi connectivity index (χ3v) is 6.54. The van der Waals surface area contributed by atoms with Crippen molar-refractivity contribution in [3.63, 3.8) is 0 Å². The van der Waals surface area contributed by atoms with Gasteiger partial charge >= 0.3 is 0 Å². The molecule has 0 bridgehead atoms. The van der Waals surface area contributed by atoms with Crippen LogP contribution in [0, 0.1) is 5.82 Å². The molecule has 11 heteroatoms. The van der Waals surface area contributed by atoms with E-state index in [9.17, 15) is 27.8 Å². The molecule has 0 unspecified atom stereocenters. The minimum Gasteiger partial charge on any atom is -0.505 e. The van der Waals surface area contributed by atoms with Crippen molar-refractivity contribution in [2.24, 2.45) is 0 Å². The van der Waals surface area contributed by atoms with E-state index in [1.165, 1.54) is 43.1 Å². The summed E-state index contributed by atoms with van der Waals surface area (Å²) < 4.78 is 40.9. The summed E-state index contributed by atoms with van der Waals surface area (Å²) in [7, 11) is -2.32. The summed E-state index contributed by atoms with van der Waals surface area (Å²) in [6.07, 6.45) is 3.99. The van der Waals surface area contributed by atoms with Crippen molar-refractivity contribution in [2.75, 3.05) is 22.9 Å². The number of fused-ring (bicyclic) bond motifs is 2. The van der Waals surface area contributed by atoms with Gasteiger partial charge in [-0.1, -0.05) is 6.07 Å². The van der Waals surface area contributed by atoms with Crippen molar-refractivity contribution in [2.45, 2.75) is 13.5 Å². The summed E-state index contributed by atoms with van der Waals surface area (Å²) in [5, 5.41) is 25.1. The molecule has 2 aromatic carbocycles. The molecular weight excluding hydrogens is 451 g/mol. The third-order valence-electron chi connectivity index (χ3n) is 5.36. The lowest BCUT2D eigenvalue weighted by atomic mass is 10.1. The zero-order chi connectivity index (χ0) is 24.1. The van der Waals surface area contributed by atoms with E-state index < -0.39 is 21.7 Å². The second-order valence-corrected chi connectivity index (χ2v) is 9.69. The van der Waals surface area contributed by atoms with E-state index in [-0.39, 0.29) is 45.8 Å². The lowest BCUT2D eigenvalue weighted by molar-refractivity contribution is -0.114. The van der Waals surface area contributed by atoms with Crippen LogP contribution in [-0.4, -0.2) is 47.4 Å². The Labute approximate surface area is 188 Å². The average molecular weight is 472 g/mol. The number of nitrogens with one attached hydrogen (secondary N) is 1. The Kier molecular flexibility index (Phi) is 5.36. The number of benzene rings is 2. The number of amides is 1. The summed E-state index contributed by atoms with van der Waals surface area (Å²) in [6, 6.07) is 7.09. The Morgan fingerprint density at radius 3 is 2.64 bits per heavy atom. The highest BCUT2D eigenvalue weighted by Crippen LogP contribution is 2.46. The molecule has 0 radical (unpaired) electrons. The molecule has 0 aliphatic heterocycles. The fraction of sp³-hybridized carbons (Fsp3) is 0.182. The SMILES string of the molecule is CC(=O)Nc1cc(F)ccc1Cn1cc2c(N(C)S(C)(=O)=O)c3cccnc3c(O)c2c1O. The van der Waals surface area contributed by atoms with Gasteiger partial charge in [0, 0.05) is 42.8 Å². The highest BCUT2D eigenvalue weighted by atomic mass is 32.2. The summed E-state index contributed by atoms with van der Waals surface area (Å²) in [4.78, 5) is 15.7. The van der Waals surface area contributed by atoms with Gasteiger partial charge in [-0.15, -0.1) is 0 Å². The van der Waals surface area contributed by atoms with Crippen LogP contribution in [-0.2, 0) is 21.4 Å². The molecule has 0 fully saturated rings. The predicted octanol–water partition coefficient (Wildman–Crippen LogP) is 3.14. The number of hydrogen-bond donors (Lipinski definition) is 3. The number of phenolic OH excluding ortho intramolecular Hbond substituents is 1. The van der Waals surface area contributed by atoms with Gasteiger partial charge in [-0.05, 0) is 29.8 Å². The summed E-state index contributed by atoms with van der Waals surface area (Å²) >= 11 is 0. The summed E-state index contributed by atoms with van der Waals surface area (Å²) in [6.45, 7) is 1.29. The predicted molar refractivity (Wildman–Crippen MR) is 124 cm³/mol. The van der Waals surface area contributed by atoms with Gasteiger partial charge in [-0.2, -0.15) is 0 Å². The van der Waals surface area contributed by atoms with Crippen molar-refractivity contribution in [3.05, 3.63) is 54.1 Å². The second kappa shape index (κ2) is 7.93. The fourth-order valence-electron chi connectivity index (χ4n) is 3.81. The van der Waals surface area contributed by atoms with Crippen molar-refractivity contribution in [3.8, 4) is 11.6 Å². The Balaban J connectivity index is 1.99. The summed E-state index contributed by atoms with van der Waals surface area (Å²) in [5.41, 5.74) is 1.08. The molecule has 0 atom stereocenters. The number of phenols is 1. The van der Waals surface area contributed by atoms with Gasteiger partial charge in [0.15, 0.2) is 5.75 Å². The molecule has 2 aromatic heterocycles. The summed E-state index contributed by atoms with van der Waals surface area (Å²) in [5.74, 6) is -1.58. The van der Waals surface area contributed by atoms with Crippen LogP contribution in [0.25, 0.3) is 21.7 Å². The minimum atomic E-state index is -3.70. The number of pyridine rings is 1. The topological polar surface area (TPSA) is 125 Å². The van der Waals surface area contributed by atoms with Gasteiger partial charge in [0.1, 0.15) is 11.3 Å². The van der Waals surface area contributed by atoms with Crippen molar-refractivity contribution >= 4 is 49.0 Å². The van der Waals surface area contributed by atoms with Crippen molar-refractivity contribution in [1.29, 1.82) is 0 Å². The molecule has 0 saturated carbocycles. The lowest BCUT2D eigenvalue weighted by Crippen LogP contribution is -2.25. The number of anilines is 2. The van der Waals surface area contributed by atoms with Gasteiger partial charge in [-0.25, -0.2) is 12.8 Å². The Bertz CT molecular complexity index is 1530. The van der Waals surface area contributed by atoms with Crippen LogP contribution < -0.4 is 9.62 Å². The number of halogens is 1. The quantitative estimate of drug-likeness (QED) is 0.410. The third kappa shape index (κ3) is 3.91. The first kappa shape index (κ1) is 22.3. The molecule has 172 valence electrons. The monoisotopic (exact) mass is 472 g/mol. The first-order valence-corrected chi connectivity index (χ1v) is 11.6. The van der Waals surface area contributed by atoms with E-state index >= 15 is 0 Å². The van der Waals surface area contributed by atoms with E-state index in [1.54, 1.807) is 12.1 Å². The standard InChI is InChI=1S/C22H21FN4O5S/c1-12(28)25-17-9-14(23)7-6-13(17)10-27-11-16-18(22(27)30)21(29)19-15(5-4-8-24-19)20(16)26(2)33(3,31)32/h4-9,11,29-30H,10H2,1-3H3,(H,25,28). The van der Waals surface area contributed by atoms with Crippen LogP contribution in [0.1, 0.15) is 12.5 Å². The number of carbonyl (C=O) groups excluding carboxylic acids is 1. The number of sulfonamides is 1. The molecule has 4 aromatic rings. The van der Waals surface area contributed by atoms with E-state index in [4.69, 9.17) is 0 Å². The molecule has 9 nitrogen and oxygen atoms in total. The number of aromatic nitrogens is 2. The van der Waals surface area contributed by atoms with Crippen LogP contribution in [0.3, 0.4) is 0 Å². The number of hydrogen-bond acceptors (Lipinski definition) is 6. The number of carbonyl (C=O) groups is 1. The van der Waals surface area contributed by atoms with Crippen molar-refractivity contribution in [1.82, 2.24) is 9.55 Å². The Morgan fingerprint density at radius 2 is 1.97 bits per heavy atom. The van der Waals surface area contributed by atoms with Gasteiger partial charge in [0.25, 0.3) is 0 Å². The van der Waals surface area contributed by atoms with Gasteiger partial charge in [0.05, 0.1) is 23.9 Å². The maximum Gasteiger partial charge on any atom is 0.232 e. The second-order valence-electron chi connectivity index (χ2n) is 7.68. The maximum atomic E-state index is 13.7. The molecular formula is C22H21FN4O5S. The highest BCUT2D eigenvalue weighted by Gasteiger charge is 2.26. The van der Waals surface area contributed by atoms with Crippen LogP contribution in [0.4, 0.5) is 15.8 Å². The minimum absolute atomic E-state index is 0.00164. The normalized spacial score (nSPS) is 11.8. The average Bonchev–Trinajstić information content (AvgIpc) is 3.05. The molecule has 0 aliphatic rings. The van der Waals surface area contributed by atoms with Crippen molar-refractivity contribution < 1.29 is 27.8 Å². The molecule has 0 saturated heterocycles. The number of nitrogens with zero attached hydrogens (tertiary/aromatic N) is 3. The largest absolute Gasteiger partial charge is 0.505 e. The molecule has 4 rings (SSSR count). The van der Waals surface area contributed by atoms with Gasteiger partial charge < -0.3 is 20.1 Å². The molecule has 1 amide bonds. The molecule has 0 aliphatic carbocycles. The first-order valence-electron chi connectivity index (χ1n) is 9.80. The van der Waals surface area contributed by atoms with E-state index in [1.807, 2.05) is 0 Å². The number of rotatable bonds is 5. The van der Waals surface area contributed by atoms with Crippen LogP contribution in [0.15, 0.2) is 42.7 Å². The van der Waals surface area contributed by atoms with E-state index in [2.05, 4.69) is 10.3 Å². The van der Waals surface area contributed by atoms with Crippen LogP contribution in [0.5, 0.6) is 11.6 Å². The molecule has 33 heavy (non-hydrogen) atoms. The number of aromatic hydroxyl groups is 2. The molecule has 0 spiro atoms. The van der Waals surface area contributed by atoms with E-state index in [0.29, 0.717) is 10.9 Å². The molecule has 2 heterocycles. The first-order chi connectivity index (χ1) is 15.5. The Hall–Kier alpha value is -3.86. The van der Waals surface area contributed by atoms with Crippen LogP contribution in [0.2, 0.25) is 0 Å². The zero-order valence-electron chi connectivity index (χ0n) is 18.0. The highest BCUT2D eigenvalue weighted by molar-refractivity contribution is 7.92. The molecule has 3 N–H and O–H groups in total. The van der Waals surface area contributed by atoms with Crippen LogP contribution >= 0.6 is 0 Å². The van der Waals surface area contributed by atoms with E-state index in [0.717, 1.165) is 16.6 Å². The zero-order valence-corrected chi connectivity index (χ0v) is 18.8. The van der Waals surface area contributed by atoms with Gasteiger partial charge in [-0.3, -0.25) is 14.1 Å².